The molecular formula is C19H13FN4O2. The van der Waals surface area contributed by atoms with Gasteiger partial charge in [0.05, 0.1) is 0 Å². The van der Waals surface area contributed by atoms with Crippen molar-refractivity contribution in [3.63, 3.8) is 0 Å². The van der Waals surface area contributed by atoms with Crippen LogP contribution in [-0.4, -0.2) is 30.8 Å². The van der Waals surface area contributed by atoms with Crippen molar-refractivity contribution in [1.29, 1.82) is 0 Å². The Morgan fingerprint density at radius 3 is 1.73 bits per heavy atom. The van der Waals surface area contributed by atoms with Gasteiger partial charge in [-0.25, -0.2) is 9.49 Å². The molecule has 3 N–H and O–H groups in total. The third-order valence-electron chi connectivity index (χ3n) is 4.08. The van der Waals surface area contributed by atoms with E-state index in [9.17, 15) is 14.6 Å². The third kappa shape index (κ3) is 2.86. The highest BCUT2D eigenvalue weighted by atomic mass is 19.1. The highest BCUT2D eigenvalue weighted by Crippen LogP contribution is 2.40. The number of rotatable bonds is 3. The maximum Gasteiger partial charge on any atom is 0.179 e. The predicted molar refractivity (Wildman–Crippen MR) is 93.8 cm³/mol. The highest BCUT2D eigenvalue weighted by molar-refractivity contribution is 5.86. The van der Waals surface area contributed by atoms with Gasteiger partial charge >= 0.3 is 0 Å². The first-order chi connectivity index (χ1) is 12.6. The molecule has 6 nitrogen and oxygen atoms in total. The summed E-state index contributed by atoms with van der Waals surface area (Å²) in [6.45, 7) is 0. The van der Waals surface area contributed by atoms with E-state index in [1.54, 1.807) is 12.1 Å². The number of phenolic OH excluding ortho intramolecular Hbond substituents is 2. The van der Waals surface area contributed by atoms with Crippen LogP contribution in [0.2, 0.25) is 0 Å². The molecule has 0 amide bonds. The van der Waals surface area contributed by atoms with Crippen LogP contribution in [0, 0.1) is 5.82 Å². The second-order valence-corrected chi connectivity index (χ2v) is 5.72. The fourth-order valence-corrected chi connectivity index (χ4v) is 2.77. The summed E-state index contributed by atoms with van der Waals surface area (Å²) in [6, 6.07) is 16.3. The maximum absolute atomic E-state index is 13.2. The van der Waals surface area contributed by atoms with Gasteiger partial charge in [-0.2, -0.15) is 0 Å². The zero-order valence-electron chi connectivity index (χ0n) is 13.4. The molecule has 0 aliphatic rings. The number of halogens is 1. The Morgan fingerprint density at radius 1 is 0.731 bits per heavy atom. The fourth-order valence-electron chi connectivity index (χ4n) is 2.77. The molecule has 3 aromatic carbocycles. The zero-order chi connectivity index (χ0) is 18.1. The van der Waals surface area contributed by atoms with Crippen LogP contribution >= 0.6 is 0 Å². The minimum atomic E-state index is -0.344. The van der Waals surface area contributed by atoms with Crippen LogP contribution in [0.4, 0.5) is 4.39 Å². The van der Waals surface area contributed by atoms with Gasteiger partial charge in [0.15, 0.2) is 17.3 Å². The first-order valence-electron chi connectivity index (χ1n) is 7.78. The second-order valence-electron chi connectivity index (χ2n) is 5.72. The van der Waals surface area contributed by atoms with Gasteiger partial charge in [-0.1, -0.05) is 36.4 Å². The van der Waals surface area contributed by atoms with E-state index in [2.05, 4.69) is 20.6 Å². The summed E-state index contributed by atoms with van der Waals surface area (Å²) in [5.74, 6) is -0.265. The molecule has 26 heavy (non-hydrogen) atoms. The quantitative estimate of drug-likeness (QED) is 0.490. The number of nitrogens with one attached hydrogen (secondary N) is 1. The zero-order valence-corrected chi connectivity index (χ0v) is 13.4. The first kappa shape index (κ1) is 15.8. The van der Waals surface area contributed by atoms with E-state index in [1.807, 2.05) is 24.3 Å². The summed E-state index contributed by atoms with van der Waals surface area (Å²) in [5.41, 5.74) is 3.73. The number of hydrogen-bond donors (Lipinski definition) is 3. The van der Waals surface area contributed by atoms with Gasteiger partial charge in [-0.15, -0.1) is 5.10 Å². The summed E-state index contributed by atoms with van der Waals surface area (Å²) in [7, 11) is 0. The van der Waals surface area contributed by atoms with Crippen molar-refractivity contribution in [2.45, 2.75) is 0 Å². The molecule has 0 saturated heterocycles. The number of benzene rings is 3. The normalized spacial score (nSPS) is 10.8. The molecule has 4 aromatic rings. The molecule has 0 radical (unpaired) electrons. The van der Waals surface area contributed by atoms with Crippen molar-refractivity contribution in [2.24, 2.45) is 0 Å². The molecule has 1 heterocycles. The highest BCUT2D eigenvalue weighted by Gasteiger charge is 2.13. The number of nitrogens with zero attached hydrogens (tertiary/aromatic N) is 3. The summed E-state index contributed by atoms with van der Waals surface area (Å²) in [4.78, 5) is 0. The number of aromatic hydroxyl groups is 2. The van der Waals surface area contributed by atoms with E-state index in [-0.39, 0.29) is 17.3 Å². The molecule has 1 aromatic heterocycles. The van der Waals surface area contributed by atoms with Crippen molar-refractivity contribution in [1.82, 2.24) is 20.6 Å². The molecule has 0 spiro atoms. The van der Waals surface area contributed by atoms with Crippen molar-refractivity contribution in [3.05, 3.63) is 66.5 Å². The molecule has 128 valence electrons. The van der Waals surface area contributed by atoms with Crippen LogP contribution in [0.5, 0.6) is 11.5 Å². The predicted octanol–water partition coefficient (Wildman–Crippen LogP) is 3.75. The summed E-state index contributed by atoms with van der Waals surface area (Å²) in [6.07, 6.45) is 0. The van der Waals surface area contributed by atoms with Crippen molar-refractivity contribution >= 4 is 0 Å². The molecule has 4 rings (SSSR count). The van der Waals surface area contributed by atoms with Gasteiger partial charge in [0, 0.05) is 5.56 Å². The third-order valence-corrected chi connectivity index (χ3v) is 4.08. The van der Waals surface area contributed by atoms with Gasteiger partial charge in [0.25, 0.3) is 0 Å². The van der Waals surface area contributed by atoms with Crippen molar-refractivity contribution in [2.75, 3.05) is 0 Å². The van der Waals surface area contributed by atoms with Crippen LogP contribution in [0.15, 0.2) is 60.7 Å². The van der Waals surface area contributed by atoms with E-state index >= 15 is 0 Å². The molecular weight excluding hydrogens is 335 g/mol. The lowest BCUT2D eigenvalue weighted by Crippen LogP contribution is -1.88. The van der Waals surface area contributed by atoms with Crippen LogP contribution in [0.3, 0.4) is 0 Å². The van der Waals surface area contributed by atoms with Crippen LogP contribution in [-0.2, 0) is 0 Å². The molecule has 0 atom stereocenters. The molecule has 7 heteroatoms. The Labute approximate surface area is 147 Å². The minimum absolute atomic E-state index is 0.227. The summed E-state index contributed by atoms with van der Waals surface area (Å²) >= 11 is 0. The Balaban J connectivity index is 1.83. The Hall–Kier alpha value is -3.74. The van der Waals surface area contributed by atoms with Gasteiger partial charge in [-0.05, 0) is 56.9 Å². The van der Waals surface area contributed by atoms with Gasteiger partial charge in [0.2, 0.25) is 0 Å². The smallest absolute Gasteiger partial charge is 0.179 e. The summed E-state index contributed by atoms with van der Waals surface area (Å²) in [5, 5.41) is 33.5. The topological polar surface area (TPSA) is 94.9 Å². The van der Waals surface area contributed by atoms with E-state index in [0.717, 1.165) is 16.7 Å². The first-order valence-corrected chi connectivity index (χ1v) is 7.78. The second kappa shape index (κ2) is 6.29. The van der Waals surface area contributed by atoms with Crippen molar-refractivity contribution in [3.8, 4) is 45.1 Å². The van der Waals surface area contributed by atoms with Gasteiger partial charge in [-0.3, -0.25) is 0 Å². The van der Waals surface area contributed by atoms with Gasteiger partial charge < -0.3 is 10.2 Å². The Kier molecular flexibility index (Phi) is 3.81. The lowest BCUT2D eigenvalue weighted by atomic mass is 9.93. The average Bonchev–Trinajstić information content (AvgIpc) is 3.19. The number of aromatic nitrogens is 4. The molecule has 0 fully saturated rings. The molecule has 0 unspecified atom stereocenters. The Bertz CT molecular complexity index is 1050. The van der Waals surface area contributed by atoms with E-state index < -0.39 is 0 Å². The SMILES string of the molecule is Oc1cc(-c2ccc(F)cc2)c(-c2ccc(-c3nnn[nH]3)cc2)cc1O. The van der Waals surface area contributed by atoms with E-state index in [4.69, 9.17) is 0 Å². The van der Waals surface area contributed by atoms with E-state index in [0.29, 0.717) is 17.0 Å². The molecule has 0 aliphatic heterocycles. The largest absolute Gasteiger partial charge is 0.504 e. The maximum atomic E-state index is 13.2. The molecule has 0 saturated carbocycles. The Morgan fingerprint density at radius 2 is 1.23 bits per heavy atom. The number of phenols is 2. The molecule has 0 bridgehead atoms. The van der Waals surface area contributed by atoms with Crippen LogP contribution in [0.25, 0.3) is 33.6 Å². The fraction of sp³-hybridized carbons (Fsp3) is 0. The van der Waals surface area contributed by atoms with Crippen LogP contribution in [0.1, 0.15) is 0 Å². The standard InChI is InChI=1S/C19H13FN4O2/c20-14-7-5-12(6-8-14)16-10-18(26)17(25)9-15(16)11-1-3-13(4-2-11)19-21-23-24-22-19/h1-10,25-26H,(H,21,22,23,24). The average molecular weight is 348 g/mol. The molecule has 0 aliphatic carbocycles. The monoisotopic (exact) mass is 348 g/mol. The summed E-state index contributed by atoms with van der Waals surface area (Å²) < 4.78 is 13.2. The number of aromatic amines is 1. The number of hydrogen-bond acceptors (Lipinski definition) is 5. The number of tetrazole rings is 1. The number of H-pyrrole nitrogens is 1. The van der Waals surface area contributed by atoms with E-state index in [1.165, 1.54) is 24.3 Å². The lowest BCUT2D eigenvalue weighted by molar-refractivity contribution is 0.404. The minimum Gasteiger partial charge on any atom is -0.504 e. The lowest BCUT2D eigenvalue weighted by Gasteiger charge is -2.13. The van der Waals surface area contributed by atoms with Crippen molar-refractivity contribution < 1.29 is 14.6 Å². The van der Waals surface area contributed by atoms with Crippen LogP contribution < -0.4 is 0 Å². The van der Waals surface area contributed by atoms with Gasteiger partial charge in [0.1, 0.15) is 5.82 Å².